The molecule has 8 nitrogen and oxygen atoms in total. The lowest BCUT2D eigenvalue weighted by Crippen LogP contribution is -2.32. The van der Waals surface area contributed by atoms with Crippen LogP contribution in [0.3, 0.4) is 0 Å². The molecule has 3 rings (SSSR count). The maximum atomic E-state index is 12.5. The van der Waals surface area contributed by atoms with Crippen molar-refractivity contribution in [2.45, 2.75) is 52.5 Å². The number of benzene rings is 1. The van der Waals surface area contributed by atoms with E-state index in [0.717, 1.165) is 31.5 Å². The Morgan fingerprint density at radius 2 is 1.81 bits per heavy atom. The average molecular weight is 438 g/mol. The van der Waals surface area contributed by atoms with Gasteiger partial charge in [-0.15, -0.1) is 5.10 Å². The first-order chi connectivity index (χ1) is 15.5. The third-order valence-electron chi connectivity index (χ3n) is 5.17. The van der Waals surface area contributed by atoms with Gasteiger partial charge in [0, 0.05) is 37.8 Å². The van der Waals surface area contributed by atoms with E-state index in [-0.39, 0.29) is 23.9 Å². The number of fused-ring (bicyclic) bond motifs is 1. The molecule has 2 aromatic heterocycles. The van der Waals surface area contributed by atoms with Crippen LogP contribution >= 0.6 is 0 Å². The van der Waals surface area contributed by atoms with Gasteiger partial charge in [-0.3, -0.25) is 14.0 Å². The molecule has 0 unspecified atom stereocenters. The van der Waals surface area contributed by atoms with Crippen LogP contribution in [-0.2, 0) is 16.1 Å². The zero-order valence-corrected chi connectivity index (χ0v) is 18.8. The number of hydrogen-bond acceptors (Lipinski definition) is 4. The quantitative estimate of drug-likeness (QED) is 0.498. The first kappa shape index (κ1) is 23.2. The molecule has 170 valence electrons. The van der Waals surface area contributed by atoms with E-state index in [4.69, 9.17) is 0 Å². The molecule has 0 fully saturated rings. The zero-order valence-electron chi connectivity index (χ0n) is 18.8. The van der Waals surface area contributed by atoms with E-state index in [2.05, 4.69) is 24.3 Å². The molecule has 2 heterocycles. The van der Waals surface area contributed by atoms with Gasteiger partial charge in [-0.2, -0.15) is 0 Å². The molecule has 0 bridgehead atoms. The molecule has 0 aliphatic heterocycles. The number of pyridine rings is 1. The minimum absolute atomic E-state index is 0.112. The summed E-state index contributed by atoms with van der Waals surface area (Å²) < 4.78 is 2.90. The molecule has 0 spiro atoms. The summed E-state index contributed by atoms with van der Waals surface area (Å²) in [7, 11) is 0. The van der Waals surface area contributed by atoms with E-state index < -0.39 is 0 Å². The van der Waals surface area contributed by atoms with Crippen LogP contribution in [0.1, 0.15) is 51.5 Å². The van der Waals surface area contributed by atoms with Gasteiger partial charge in [0.25, 0.3) is 0 Å². The Balaban J connectivity index is 1.54. The summed E-state index contributed by atoms with van der Waals surface area (Å²) in [5, 5.41) is 7.23. The Hall–Kier alpha value is -3.42. The predicted molar refractivity (Wildman–Crippen MR) is 125 cm³/mol. The molecule has 0 saturated heterocycles. The number of anilines is 1. The SMILES string of the molecule is CCCN(CCC)C(=O)CCCC(=O)Nc1cccc(Cn2nc3ccccn3c2=O)c1. The number of nitrogens with one attached hydrogen (secondary N) is 1. The van der Waals surface area contributed by atoms with Crippen molar-refractivity contribution in [1.29, 1.82) is 0 Å². The van der Waals surface area contributed by atoms with Crippen molar-refractivity contribution in [2.75, 3.05) is 18.4 Å². The van der Waals surface area contributed by atoms with Crippen LogP contribution in [0.4, 0.5) is 5.69 Å². The van der Waals surface area contributed by atoms with E-state index in [1.54, 1.807) is 18.3 Å². The molecular formula is C24H31N5O3. The van der Waals surface area contributed by atoms with Gasteiger partial charge in [0.15, 0.2) is 5.65 Å². The van der Waals surface area contributed by atoms with Crippen molar-refractivity contribution in [3.8, 4) is 0 Å². The number of carbonyl (C=O) groups is 2. The fraction of sp³-hybridized carbons (Fsp3) is 0.417. The summed E-state index contributed by atoms with van der Waals surface area (Å²) in [6.45, 7) is 5.96. The molecule has 0 aliphatic rings. The molecular weight excluding hydrogens is 406 g/mol. The molecule has 1 aromatic carbocycles. The van der Waals surface area contributed by atoms with Gasteiger partial charge in [-0.05, 0) is 49.1 Å². The van der Waals surface area contributed by atoms with Gasteiger partial charge in [-0.1, -0.05) is 32.0 Å². The third kappa shape index (κ3) is 6.06. The molecule has 0 aliphatic carbocycles. The van der Waals surface area contributed by atoms with Gasteiger partial charge in [-0.25, -0.2) is 9.48 Å². The number of carbonyl (C=O) groups excluding carboxylic acids is 2. The summed E-state index contributed by atoms with van der Waals surface area (Å²) in [5.74, 6) is -0.0150. The van der Waals surface area contributed by atoms with E-state index in [0.29, 0.717) is 30.7 Å². The van der Waals surface area contributed by atoms with E-state index in [9.17, 15) is 14.4 Å². The van der Waals surface area contributed by atoms with Crippen molar-refractivity contribution < 1.29 is 9.59 Å². The minimum atomic E-state index is -0.208. The van der Waals surface area contributed by atoms with Crippen molar-refractivity contribution in [3.05, 3.63) is 64.7 Å². The zero-order chi connectivity index (χ0) is 22.9. The maximum absolute atomic E-state index is 12.5. The molecule has 0 atom stereocenters. The van der Waals surface area contributed by atoms with Crippen LogP contribution in [0, 0.1) is 0 Å². The van der Waals surface area contributed by atoms with Crippen LogP contribution in [0.5, 0.6) is 0 Å². The lowest BCUT2D eigenvalue weighted by molar-refractivity contribution is -0.131. The first-order valence-corrected chi connectivity index (χ1v) is 11.2. The second-order valence-corrected chi connectivity index (χ2v) is 7.85. The average Bonchev–Trinajstić information content (AvgIpc) is 3.09. The highest BCUT2D eigenvalue weighted by molar-refractivity contribution is 5.91. The molecule has 0 radical (unpaired) electrons. The lowest BCUT2D eigenvalue weighted by Gasteiger charge is -2.21. The molecule has 0 saturated carbocycles. The monoisotopic (exact) mass is 437 g/mol. The number of amides is 2. The Labute approximate surface area is 187 Å². The largest absolute Gasteiger partial charge is 0.350 e. The Kier molecular flexibility index (Phi) is 8.19. The Bertz CT molecular complexity index is 1110. The second kappa shape index (κ2) is 11.3. The van der Waals surface area contributed by atoms with Gasteiger partial charge in [0.2, 0.25) is 11.8 Å². The minimum Gasteiger partial charge on any atom is -0.343 e. The van der Waals surface area contributed by atoms with Crippen LogP contribution in [0.2, 0.25) is 0 Å². The van der Waals surface area contributed by atoms with Crippen molar-refractivity contribution in [2.24, 2.45) is 0 Å². The van der Waals surface area contributed by atoms with E-state index >= 15 is 0 Å². The smallest absolute Gasteiger partial charge is 0.343 e. The van der Waals surface area contributed by atoms with Crippen LogP contribution < -0.4 is 11.0 Å². The highest BCUT2D eigenvalue weighted by Gasteiger charge is 2.13. The van der Waals surface area contributed by atoms with Crippen molar-refractivity contribution in [3.63, 3.8) is 0 Å². The molecule has 3 aromatic rings. The standard InChI is InChI=1S/C24H31N5O3/c1-3-14-27(15-4-2)23(31)13-8-12-22(30)25-20-10-7-9-19(17-20)18-29-24(32)28-16-6-5-11-21(28)26-29/h5-7,9-11,16-17H,3-4,8,12-15,18H2,1-2H3,(H,25,30). The summed E-state index contributed by atoms with van der Waals surface area (Å²) >= 11 is 0. The van der Waals surface area contributed by atoms with Crippen LogP contribution in [-0.4, -0.2) is 44.0 Å². The van der Waals surface area contributed by atoms with E-state index in [1.807, 2.05) is 35.2 Å². The summed E-state index contributed by atoms with van der Waals surface area (Å²) in [6, 6.07) is 12.8. The maximum Gasteiger partial charge on any atom is 0.350 e. The predicted octanol–water partition coefficient (Wildman–Crippen LogP) is 3.30. The summed E-state index contributed by atoms with van der Waals surface area (Å²) in [6.07, 6.45) is 4.74. The Morgan fingerprint density at radius 1 is 1.03 bits per heavy atom. The van der Waals surface area contributed by atoms with Crippen LogP contribution in [0.15, 0.2) is 53.5 Å². The van der Waals surface area contributed by atoms with Crippen LogP contribution in [0.25, 0.3) is 5.65 Å². The fourth-order valence-corrected chi connectivity index (χ4v) is 3.67. The summed E-state index contributed by atoms with van der Waals surface area (Å²) in [4.78, 5) is 39.0. The lowest BCUT2D eigenvalue weighted by atomic mass is 10.1. The normalized spacial score (nSPS) is 10.9. The first-order valence-electron chi connectivity index (χ1n) is 11.2. The Morgan fingerprint density at radius 3 is 2.53 bits per heavy atom. The van der Waals surface area contributed by atoms with Crippen molar-refractivity contribution in [1.82, 2.24) is 19.1 Å². The van der Waals surface area contributed by atoms with Crippen molar-refractivity contribution >= 4 is 23.1 Å². The molecule has 2 amide bonds. The fourth-order valence-electron chi connectivity index (χ4n) is 3.67. The van der Waals surface area contributed by atoms with Gasteiger partial charge < -0.3 is 10.2 Å². The second-order valence-electron chi connectivity index (χ2n) is 7.85. The summed E-state index contributed by atoms with van der Waals surface area (Å²) in [5.41, 5.74) is 1.90. The van der Waals surface area contributed by atoms with Gasteiger partial charge in [0.1, 0.15) is 0 Å². The highest BCUT2D eigenvalue weighted by Crippen LogP contribution is 2.13. The molecule has 32 heavy (non-hydrogen) atoms. The number of rotatable bonds is 11. The number of hydrogen-bond donors (Lipinski definition) is 1. The number of nitrogens with zero attached hydrogens (tertiary/aromatic N) is 4. The van der Waals surface area contributed by atoms with Gasteiger partial charge in [0.05, 0.1) is 6.54 Å². The number of aromatic nitrogens is 3. The highest BCUT2D eigenvalue weighted by atomic mass is 16.2. The van der Waals surface area contributed by atoms with Gasteiger partial charge >= 0.3 is 5.69 Å². The topological polar surface area (TPSA) is 88.7 Å². The molecule has 1 N–H and O–H groups in total. The third-order valence-corrected chi connectivity index (χ3v) is 5.17. The van der Waals surface area contributed by atoms with E-state index in [1.165, 1.54) is 9.08 Å². The molecule has 8 heteroatoms.